The predicted octanol–water partition coefficient (Wildman–Crippen LogP) is 2.77. The summed E-state index contributed by atoms with van der Waals surface area (Å²) in [5.41, 5.74) is 2.00. The third-order valence-corrected chi connectivity index (χ3v) is 4.05. The number of carboxylic acids is 1. The average molecular weight is 389 g/mol. The minimum absolute atomic E-state index is 0.0460. The normalized spacial score (nSPS) is 11.0. The Morgan fingerprint density at radius 2 is 1.92 bits per heavy atom. The molecule has 0 unspecified atom stereocenters. The lowest BCUT2D eigenvalue weighted by molar-refractivity contribution is -0.299. The molecule has 5 nitrogen and oxygen atoms in total. The number of halogens is 1. The zero-order valence-corrected chi connectivity index (χ0v) is 14.5. The predicted molar refractivity (Wildman–Crippen MR) is 91.6 cm³/mol. The third-order valence-electron chi connectivity index (χ3n) is 3.16. The van der Waals surface area contributed by atoms with Gasteiger partial charge in [0.15, 0.2) is 0 Å². The lowest BCUT2D eigenvalue weighted by Gasteiger charge is -2.12. The van der Waals surface area contributed by atoms with E-state index in [2.05, 4.69) is 21.2 Å². The molecule has 0 saturated carbocycles. The highest BCUT2D eigenvalue weighted by Crippen LogP contribution is 2.18. The molecule has 0 aliphatic rings. The molecule has 2 aromatic carbocycles. The zero-order valence-electron chi connectivity index (χ0n) is 12.9. The molecule has 2 aromatic rings. The van der Waals surface area contributed by atoms with E-state index in [-0.39, 0.29) is 12.3 Å². The summed E-state index contributed by atoms with van der Waals surface area (Å²) in [6, 6.07) is 14.4. The fourth-order valence-corrected chi connectivity index (χ4v) is 2.19. The number of alkyl carbamates (subject to hydrolysis) is 1. The van der Waals surface area contributed by atoms with Crippen molar-refractivity contribution in [2.45, 2.75) is 13.5 Å². The number of aryl methyl sites for hydroxylation is 1. The number of carboxylic acid groups (broad SMARTS) is 1. The number of hydrogen-bond donors (Lipinski definition) is 1. The largest absolute Gasteiger partial charge is 0.543 e. The molecule has 124 valence electrons. The second-order valence-electron chi connectivity index (χ2n) is 5.04. The molecule has 0 heterocycles. The number of hydrogen-bond acceptors (Lipinski definition) is 4. The van der Waals surface area contributed by atoms with E-state index >= 15 is 0 Å². The number of nitrogens with one attached hydrogen (secondary N) is 1. The zero-order chi connectivity index (χ0) is 17.5. The smallest absolute Gasteiger partial charge is 0.412 e. The first-order valence-electron chi connectivity index (χ1n) is 7.12. The van der Waals surface area contributed by atoms with E-state index < -0.39 is 12.1 Å². The molecule has 0 radical (unpaired) electrons. The second-order valence-corrected chi connectivity index (χ2v) is 5.90. The first kappa shape index (κ1) is 17.7. The fraction of sp³-hybridized carbons (Fsp3) is 0.111. The van der Waals surface area contributed by atoms with E-state index in [0.29, 0.717) is 5.56 Å². The van der Waals surface area contributed by atoms with Gasteiger partial charge in [-0.05, 0) is 35.8 Å². The van der Waals surface area contributed by atoms with Crippen LogP contribution in [0.4, 0.5) is 4.79 Å². The third kappa shape index (κ3) is 5.24. The van der Waals surface area contributed by atoms with Crippen LogP contribution >= 0.6 is 15.9 Å². The van der Waals surface area contributed by atoms with Crippen LogP contribution in [0.1, 0.15) is 16.7 Å². The van der Waals surface area contributed by atoms with Gasteiger partial charge in [-0.25, -0.2) is 4.79 Å². The van der Waals surface area contributed by atoms with Crippen LogP contribution in [0.2, 0.25) is 0 Å². The van der Waals surface area contributed by atoms with Crippen molar-refractivity contribution in [2.24, 2.45) is 0 Å². The Morgan fingerprint density at radius 3 is 2.54 bits per heavy atom. The van der Waals surface area contributed by atoms with Gasteiger partial charge >= 0.3 is 6.09 Å². The summed E-state index contributed by atoms with van der Waals surface area (Å²) in [7, 11) is 0. The molecule has 0 aliphatic carbocycles. The van der Waals surface area contributed by atoms with Crippen molar-refractivity contribution in [3.05, 3.63) is 75.4 Å². The van der Waals surface area contributed by atoms with Crippen LogP contribution in [0.15, 0.2) is 58.7 Å². The number of benzene rings is 2. The lowest BCUT2D eigenvalue weighted by atomic mass is 10.1. The number of amides is 1. The van der Waals surface area contributed by atoms with Gasteiger partial charge in [-0.2, -0.15) is 0 Å². The minimum atomic E-state index is -1.49. The van der Waals surface area contributed by atoms with Crippen molar-refractivity contribution in [2.75, 3.05) is 0 Å². The highest BCUT2D eigenvalue weighted by atomic mass is 79.9. The molecule has 0 aliphatic heterocycles. The Morgan fingerprint density at radius 1 is 1.21 bits per heavy atom. The molecule has 6 heteroatoms. The maximum Gasteiger partial charge on any atom is 0.412 e. The Bertz CT molecular complexity index is 772. The molecule has 2 rings (SSSR count). The van der Waals surface area contributed by atoms with Gasteiger partial charge in [0.05, 0.1) is 11.7 Å². The van der Waals surface area contributed by atoms with Crippen molar-refractivity contribution in [3.8, 4) is 0 Å². The molecule has 0 spiro atoms. The standard InChI is InChI=1S/C18H16BrNO4/c1-12-9-14(7-8-15(12)19)10-16(17(21)22)20-18(23)24-11-13-5-3-2-4-6-13/h2-10H,11H2,1H3,(H,20,23)(H,21,22)/p-1/b16-10+. The molecule has 24 heavy (non-hydrogen) atoms. The van der Waals surface area contributed by atoms with Gasteiger partial charge in [-0.1, -0.05) is 58.4 Å². The minimum Gasteiger partial charge on any atom is -0.543 e. The summed E-state index contributed by atoms with van der Waals surface area (Å²) in [6.45, 7) is 1.92. The van der Waals surface area contributed by atoms with Gasteiger partial charge in [-0.15, -0.1) is 0 Å². The van der Waals surface area contributed by atoms with Gasteiger partial charge in [0.25, 0.3) is 0 Å². The van der Waals surface area contributed by atoms with Crippen molar-refractivity contribution >= 4 is 34.1 Å². The summed E-state index contributed by atoms with van der Waals surface area (Å²) in [5, 5.41) is 13.4. The first-order chi connectivity index (χ1) is 11.5. The van der Waals surface area contributed by atoms with E-state index in [4.69, 9.17) is 4.74 Å². The Balaban J connectivity index is 2.04. The van der Waals surface area contributed by atoms with E-state index in [0.717, 1.165) is 15.6 Å². The highest BCUT2D eigenvalue weighted by molar-refractivity contribution is 9.10. The summed E-state index contributed by atoms with van der Waals surface area (Å²) < 4.78 is 5.91. The Hall–Kier alpha value is -2.60. The van der Waals surface area contributed by atoms with Crippen molar-refractivity contribution in [3.63, 3.8) is 0 Å². The number of ether oxygens (including phenoxy) is 1. The number of aliphatic carboxylic acids is 1. The topological polar surface area (TPSA) is 78.5 Å². The van der Waals surface area contributed by atoms with Crippen LogP contribution < -0.4 is 10.4 Å². The molecule has 0 aromatic heterocycles. The fourth-order valence-electron chi connectivity index (χ4n) is 1.94. The maximum atomic E-state index is 11.8. The maximum absolute atomic E-state index is 11.8. The Labute approximate surface area is 148 Å². The van der Waals surface area contributed by atoms with Gasteiger partial charge in [0.1, 0.15) is 6.61 Å². The van der Waals surface area contributed by atoms with E-state index in [9.17, 15) is 14.7 Å². The number of rotatable bonds is 5. The van der Waals surface area contributed by atoms with Crippen LogP contribution in [0.25, 0.3) is 6.08 Å². The first-order valence-corrected chi connectivity index (χ1v) is 7.92. The van der Waals surface area contributed by atoms with Gasteiger partial charge in [0, 0.05) is 4.47 Å². The lowest BCUT2D eigenvalue weighted by Crippen LogP contribution is -2.35. The SMILES string of the molecule is Cc1cc(/C=C(/NC(=O)OCc2ccccc2)C(=O)[O-])ccc1Br. The monoisotopic (exact) mass is 388 g/mol. The van der Waals surface area contributed by atoms with Crippen LogP contribution in [0.3, 0.4) is 0 Å². The quantitative estimate of drug-likeness (QED) is 0.798. The van der Waals surface area contributed by atoms with E-state index in [1.54, 1.807) is 30.3 Å². The van der Waals surface area contributed by atoms with Crippen molar-refractivity contribution < 1.29 is 19.4 Å². The van der Waals surface area contributed by atoms with Crippen LogP contribution in [-0.4, -0.2) is 12.1 Å². The summed E-state index contributed by atoms with van der Waals surface area (Å²) >= 11 is 3.37. The van der Waals surface area contributed by atoms with Gasteiger partial charge in [0.2, 0.25) is 0 Å². The number of carbonyl (C=O) groups excluding carboxylic acids is 2. The molecular weight excluding hydrogens is 374 g/mol. The highest BCUT2D eigenvalue weighted by Gasteiger charge is 2.08. The van der Waals surface area contributed by atoms with Crippen LogP contribution in [0.5, 0.6) is 0 Å². The van der Waals surface area contributed by atoms with Gasteiger partial charge < -0.3 is 14.6 Å². The van der Waals surface area contributed by atoms with Gasteiger partial charge in [-0.3, -0.25) is 5.32 Å². The molecule has 0 saturated heterocycles. The summed E-state index contributed by atoms with van der Waals surface area (Å²) in [5.74, 6) is -1.49. The van der Waals surface area contributed by atoms with Crippen LogP contribution in [-0.2, 0) is 16.1 Å². The molecule has 1 N–H and O–H groups in total. The van der Waals surface area contributed by atoms with E-state index in [1.807, 2.05) is 25.1 Å². The molecule has 1 amide bonds. The van der Waals surface area contributed by atoms with Crippen LogP contribution in [0, 0.1) is 6.92 Å². The summed E-state index contributed by atoms with van der Waals surface area (Å²) in [4.78, 5) is 23.0. The molecular formula is C18H15BrNO4-. The second kappa shape index (κ2) is 8.31. The number of carbonyl (C=O) groups is 2. The van der Waals surface area contributed by atoms with E-state index in [1.165, 1.54) is 6.08 Å². The van der Waals surface area contributed by atoms with Crippen molar-refractivity contribution in [1.82, 2.24) is 5.32 Å². The average Bonchev–Trinajstić information content (AvgIpc) is 2.56. The molecule has 0 fully saturated rings. The molecule has 0 bridgehead atoms. The summed E-state index contributed by atoms with van der Waals surface area (Å²) in [6.07, 6.45) is 0.460. The van der Waals surface area contributed by atoms with Crippen molar-refractivity contribution in [1.29, 1.82) is 0 Å². The molecule has 0 atom stereocenters. The Kier molecular flexibility index (Phi) is 6.14.